The van der Waals surface area contributed by atoms with E-state index in [0.29, 0.717) is 11.3 Å². The highest BCUT2D eigenvalue weighted by molar-refractivity contribution is 5.79. The quantitative estimate of drug-likeness (QED) is 0.796. The van der Waals surface area contributed by atoms with Crippen molar-refractivity contribution in [3.05, 3.63) is 0 Å². The van der Waals surface area contributed by atoms with Crippen molar-refractivity contribution >= 4 is 5.97 Å². The first-order valence-electron chi connectivity index (χ1n) is 6.55. The standard InChI is InChI=1S/C13H21NO2/c1-12(11(15)16,10-4-5-10)14-8-13(9-14)6-2-3-7-13/h10H,2-9H2,1H3,(H,15,16). The van der Waals surface area contributed by atoms with E-state index in [0.717, 1.165) is 25.9 Å². The Hall–Kier alpha value is -0.570. The van der Waals surface area contributed by atoms with E-state index >= 15 is 0 Å². The number of hydrogen-bond acceptors (Lipinski definition) is 2. The second-order valence-corrected chi connectivity index (χ2v) is 6.29. The number of carboxylic acid groups (broad SMARTS) is 1. The molecule has 0 amide bonds. The maximum absolute atomic E-state index is 11.5. The molecule has 2 aliphatic carbocycles. The summed E-state index contributed by atoms with van der Waals surface area (Å²) in [6, 6.07) is 0. The third-order valence-electron chi connectivity index (χ3n) is 5.18. The summed E-state index contributed by atoms with van der Waals surface area (Å²) >= 11 is 0. The molecule has 2 saturated carbocycles. The van der Waals surface area contributed by atoms with Crippen LogP contribution in [0.4, 0.5) is 0 Å². The first-order chi connectivity index (χ1) is 7.57. The summed E-state index contributed by atoms with van der Waals surface area (Å²) < 4.78 is 0. The minimum absolute atomic E-state index is 0.406. The van der Waals surface area contributed by atoms with Crippen molar-refractivity contribution in [3.63, 3.8) is 0 Å². The highest BCUT2D eigenvalue weighted by Crippen LogP contribution is 2.52. The van der Waals surface area contributed by atoms with Gasteiger partial charge in [-0.2, -0.15) is 0 Å². The molecule has 1 unspecified atom stereocenters. The number of nitrogens with zero attached hydrogens (tertiary/aromatic N) is 1. The molecule has 1 atom stereocenters. The van der Waals surface area contributed by atoms with Gasteiger partial charge in [-0.1, -0.05) is 12.8 Å². The summed E-state index contributed by atoms with van der Waals surface area (Å²) in [4.78, 5) is 13.7. The minimum atomic E-state index is -0.608. The van der Waals surface area contributed by atoms with Crippen LogP contribution in [0.25, 0.3) is 0 Å². The fourth-order valence-corrected chi connectivity index (χ4v) is 3.75. The molecule has 3 rings (SSSR count). The molecule has 0 aromatic heterocycles. The van der Waals surface area contributed by atoms with Crippen molar-refractivity contribution < 1.29 is 9.90 Å². The van der Waals surface area contributed by atoms with Gasteiger partial charge < -0.3 is 5.11 Å². The van der Waals surface area contributed by atoms with Crippen molar-refractivity contribution in [1.29, 1.82) is 0 Å². The number of likely N-dealkylation sites (tertiary alicyclic amines) is 1. The second-order valence-electron chi connectivity index (χ2n) is 6.29. The van der Waals surface area contributed by atoms with Crippen LogP contribution in [0.5, 0.6) is 0 Å². The molecule has 3 heteroatoms. The van der Waals surface area contributed by atoms with Crippen LogP contribution < -0.4 is 0 Å². The fourth-order valence-electron chi connectivity index (χ4n) is 3.75. The Bertz CT molecular complexity index is 310. The van der Waals surface area contributed by atoms with Gasteiger partial charge >= 0.3 is 5.97 Å². The summed E-state index contributed by atoms with van der Waals surface area (Å²) in [5, 5.41) is 9.47. The van der Waals surface area contributed by atoms with Gasteiger partial charge in [0.25, 0.3) is 0 Å². The highest BCUT2D eigenvalue weighted by atomic mass is 16.4. The van der Waals surface area contributed by atoms with Gasteiger partial charge in [-0.15, -0.1) is 0 Å². The van der Waals surface area contributed by atoms with Crippen molar-refractivity contribution in [2.45, 2.75) is 51.0 Å². The molecule has 0 radical (unpaired) electrons. The predicted octanol–water partition coefficient (Wildman–Crippen LogP) is 2.12. The lowest BCUT2D eigenvalue weighted by atomic mass is 9.74. The highest BCUT2D eigenvalue weighted by Gasteiger charge is 2.58. The van der Waals surface area contributed by atoms with E-state index in [2.05, 4.69) is 4.90 Å². The largest absolute Gasteiger partial charge is 0.480 e. The van der Waals surface area contributed by atoms with Crippen LogP contribution in [-0.2, 0) is 4.79 Å². The lowest BCUT2D eigenvalue weighted by Crippen LogP contribution is -2.67. The Balaban J connectivity index is 1.71. The average molecular weight is 223 g/mol. The van der Waals surface area contributed by atoms with Crippen LogP contribution in [0, 0.1) is 11.3 Å². The van der Waals surface area contributed by atoms with Crippen molar-refractivity contribution in [3.8, 4) is 0 Å². The smallest absolute Gasteiger partial charge is 0.324 e. The van der Waals surface area contributed by atoms with Crippen LogP contribution in [0.2, 0.25) is 0 Å². The minimum Gasteiger partial charge on any atom is -0.480 e. The third-order valence-corrected chi connectivity index (χ3v) is 5.18. The summed E-state index contributed by atoms with van der Waals surface area (Å²) in [6.07, 6.45) is 7.55. The Morgan fingerprint density at radius 3 is 2.31 bits per heavy atom. The molecule has 1 N–H and O–H groups in total. The van der Waals surface area contributed by atoms with Crippen LogP contribution >= 0.6 is 0 Å². The fraction of sp³-hybridized carbons (Fsp3) is 0.923. The van der Waals surface area contributed by atoms with Crippen LogP contribution in [0.15, 0.2) is 0 Å². The molecule has 16 heavy (non-hydrogen) atoms. The zero-order valence-electron chi connectivity index (χ0n) is 10.0. The lowest BCUT2D eigenvalue weighted by molar-refractivity contribution is -0.163. The van der Waals surface area contributed by atoms with E-state index in [1.807, 2.05) is 6.92 Å². The SMILES string of the molecule is CC(C(=O)O)(C1CC1)N1CC2(CCCC2)C1. The first-order valence-corrected chi connectivity index (χ1v) is 6.55. The number of aliphatic carboxylic acids is 1. The van der Waals surface area contributed by atoms with E-state index in [1.165, 1.54) is 25.7 Å². The normalized spacial score (nSPS) is 32.3. The molecule has 3 nitrogen and oxygen atoms in total. The van der Waals surface area contributed by atoms with Crippen LogP contribution in [0.1, 0.15) is 45.4 Å². The third kappa shape index (κ3) is 1.33. The number of rotatable bonds is 3. The molecular formula is C13H21NO2. The molecular weight excluding hydrogens is 202 g/mol. The molecule has 1 aliphatic heterocycles. The second kappa shape index (κ2) is 3.22. The zero-order valence-corrected chi connectivity index (χ0v) is 10.0. The Morgan fingerprint density at radius 2 is 1.88 bits per heavy atom. The molecule has 1 heterocycles. The molecule has 90 valence electrons. The number of hydrogen-bond donors (Lipinski definition) is 1. The van der Waals surface area contributed by atoms with Gasteiger partial charge in [0.05, 0.1) is 0 Å². The molecule has 1 spiro atoms. The van der Waals surface area contributed by atoms with Gasteiger partial charge in [-0.05, 0) is 43.9 Å². The Morgan fingerprint density at radius 1 is 1.31 bits per heavy atom. The Kier molecular flexibility index (Phi) is 2.13. The van der Waals surface area contributed by atoms with E-state index in [9.17, 15) is 9.90 Å². The summed E-state index contributed by atoms with van der Waals surface area (Å²) in [6.45, 7) is 4.01. The van der Waals surface area contributed by atoms with E-state index < -0.39 is 11.5 Å². The van der Waals surface area contributed by atoms with Crippen LogP contribution in [-0.4, -0.2) is 34.6 Å². The summed E-state index contributed by atoms with van der Waals surface area (Å²) in [5.41, 5.74) is -0.0561. The first kappa shape index (κ1) is 10.6. The number of carboxylic acids is 1. The van der Waals surface area contributed by atoms with Gasteiger partial charge in [0.2, 0.25) is 0 Å². The Labute approximate surface area is 96.8 Å². The topological polar surface area (TPSA) is 40.5 Å². The monoisotopic (exact) mass is 223 g/mol. The van der Waals surface area contributed by atoms with Gasteiger partial charge in [-0.25, -0.2) is 0 Å². The zero-order chi connectivity index (χ0) is 11.4. The maximum Gasteiger partial charge on any atom is 0.324 e. The average Bonchev–Trinajstić information content (AvgIpc) is 2.92. The van der Waals surface area contributed by atoms with Crippen LogP contribution in [0.3, 0.4) is 0 Å². The van der Waals surface area contributed by atoms with Crippen molar-refractivity contribution in [2.75, 3.05) is 13.1 Å². The van der Waals surface area contributed by atoms with Gasteiger partial charge in [-0.3, -0.25) is 9.69 Å². The molecule has 3 fully saturated rings. The molecule has 3 aliphatic rings. The lowest BCUT2D eigenvalue weighted by Gasteiger charge is -2.55. The van der Waals surface area contributed by atoms with E-state index in [4.69, 9.17) is 0 Å². The van der Waals surface area contributed by atoms with Crippen molar-refractivity contribution in [1.82, 2.24) is 4.90 Å². The van der Waals surface area contributed by atoms with Crippen molar-refractivity contribution in [2.24, 2.45) is 11.3 Å². The van der Waals surface area contributed by atoms with E-state index in [1.54, 1.807) is 0 Å². The van der Waals surface area contributed by atoms with E-state index in [-0.39, 0.29) is 0 Å². The molecule has 0 aromatic rings. The maximum atomic E-state index is 11.5. The molecule has 0 aromatic carbocycles. The van der Waals surface area contributed by atoms with Gasteiger partial charge in [0.1, 0.15) is 5.54 Å². The summed E-state index contributed by atoms with van der Waals surface area (Å²) in [5.74, 6) is -0.202. The predicted molar refractivity (Wildman–Crippen MR) is 61.2 cm³/mol. The van der Waals surface area contributed by atoms with Gasteiger partial charge in [0, 0.05) is 13.1 Å². The molecule has 0 bridgehead atoms. The molecule has 1 saturated heterocycles. The van der Waals surface area contributed by atoms with Gasteiger partial charge in [0.15, 0.2) is 0 Å². The summed E-state index contributed by atoms with van der Waals surface area (Å²) in [7, 11) is 0. The number of carbonyl (C=O) groups is 1.